The second kappa shape index (κ2) is 11.2. The molecule has 35 heavy (non-hydrogen) atoms. The molecule has 0 radical (unpaired) electrons. The van der Waals surface area contributed by atoms with E-state index >= 15 is 0 Å². The summed E-state index contributed by atoms with van der Waals surface area (Å²) in [6.45, 7) is 7.57. The molecule has 2 N–H and O–H groups in total. The highest BCUT2D eigenvalue weighted by molar-refractivity contribution is 8.00. The van der Waals surface area contributed by atoms with Crippen molar-refractivity contribution in [2.75, 3.05) is 17.7 Å². The maximum Gasteiger partial charge on any atom is 0.337 e. The van der Waals surface area contributed by atoms with E-state index in [4.69, 9.17) is 4.74 Å². The predicted molar refractivity (Wildman–Crippen MR) is 137 cm³/mol. The average molecular weight is 497 g/mol. The molecule has 2 amide bonds. The highest BCUT2D eigenvalue weighted by Crippen LogP contribution is 2.25. The maximum atomic E-state index is 13.2. The van der Waals surface area contributed by atoms with Gasteiger partial charge in [-0.25, -0.2) is 9.78 Å². The first-order chi connectivity index (χ1) is 16.6. The van der Waals surface area contributed by atoms with Gasteiger partial charge in [0, 0.05) is 24.8 Å². The Morgan fingerprint density at radius 2 is 1.66 bits per heavy atom. The fourth-order valence-electron chi connectivity index (χ4n) is 3.36. The van der Waals surface area contributed by atoms with E-state index in [0.717, 1.165) is 0 Å². The van der Waals surface area contributed by atoms with Crippen LogP contribution in [0.25, 0.3) is 10.9 Å². The first-order valence-corrected chi connectivity index (χ1v) is 11.9. The number of hydrogen-bond acceptors (Lipinski definition) is 7. The van der Waals surface area contributed by atoms with Crippen LogP contribution >= 0.6 is 11.8 Å². The summed E-state index contributed by atoms with van der Waals surface area (Å²) >= 11 is 1.17. The Labute approximate surface area is 207 Å². The third-order valence-electron chi connectivity index (χ3n) is 5.01. The van der Waals surface area contributed by atoms with E-state index in [2.05, 4.69) is 15.6 Å². The van der Waals surface area contributed by atoms with E-state index in [-0.39, 0.29) is 28.9 Å². The van der Waals surface area contributed by atoms with Crippen molar-refractivity contribution in [3.05, 3.63) is 58.4 Å². The van der Waals surface area contributed by atoms with Crippen molar-refractivity contribution in [2.45, 2.75) is 44.6 Å². The Bertz CT molecular complexity index is 1320. The zero-order chi connectivity index (χ0) is 25.7. The van der Waals surface area contributed by atoms with Crippen LogP contribution in [0.2, 0.25) is 0 Å². The molecule has 0 aliphatic carbocycles. The predicted octanol–water partition coefficient (Wildman–Crippen LogP) is 3.92. The lowest BCUT2D eigenvalue weighted by molar-refractivity contribution is -0.115. The van der Waals surface area contributed by atoms with Gasteiger partial charge in [-0.05, 0) is 55.3 Å². The van der Waals surface area contributed by atoms with Crippen molar-refractivity contribution in [2.24, 2.45) is 5.92 Å². The van der Waals surface area contributed by atoms with Gasteiger partial charge in [0.15, 0.2) is 5.16 Å². The first kappa shape index (κ1) is 26.0. The Hall–Kier alpha value is -3.66. The zero-order valence-corrected chi connectivity index (χ0v) is 21.1. The molecular formula is C25H28N4O5S. The molecule has 10 heteroatoms. The topological polar surface area (TPSA) is 119 Å². The fraction of sp³-hybridized carbons (Fsp3) is 0.320. The summed E-state index contributed by atoms with van der Waals surface area (Å²) in [6.07, 6.45) is 0. The smallest absolute Gasteiger partial charge is 0.337 e. The molecule has 184 valence electrons. The zero-order valence-electron chi connectivity index (χ0n) is 20.2. The van der Waals surface area contributed by atoms with Gasteiger partial charge in [0.1, 0.15) is 0 Å². The van der Waals surface area contributed by atoms with Gasteiger partial charge in [-0.15, -0.1) is 0 Å². The Kier molecular flexibility index (Phi) is 8.29. The number of hydrogen-bond donors (Lipinski definition) is 2. The lowest BCUT2D eigenvalue weighted by atomic mass is 10.1. The summed E-state index contributed by atoms with van der Waals surface area (Å²) in [6, 6.07) is 11.4. The molecule has 0 saturated heterocycles. The minimum Gasteiger partial charge on any atom is -0.465 e. The van der Waals surface area contributed by atoms with Crippen molar-refractivity contribution >= 4 is 51.8 Å². The lowest BCUT2D eigenvalue weighted by Crippen LogP contribution is -2.28. The van der Waals surface area contributed by atoms with Gasteiger partial charge in [-0.3, -0.25) is 19.0 Å². The van der Waals surface area contributed by atoms with E-state index in [9.17, 15) is 19.2 Å². The molecule has 1 unspecified atom stereocenters. The second-order valence-corrected chi connectivity index (χ2v) is 9.74. The maximum absolute atomic E-state index is 13.2. The van der Waals surface area contributed by atoms with Crippen molar-refractivity contribution in [1.29, 1.82) is 0 Å². The number of esters is 1. The normalized spacial score (nSPS) is 11.8. The molecule has 1 atom stereocenters. The van der Waals surface area contributed by atoms with Crippen LogP contribution in [-0.2, 0) is 20.9 Å². The number of nitrogens with zero attached hydrogens (tertiary/aromatic N) is 2. The van der Waals surface area contributed by atoms with Crippen LogP contribution in [0.3, 0.4) is 0 Å². The van der Waals surface area contributed by atoms with Crippen LogP contribution in [0.4, 0.5) is 11.4 Å². The Balaban J connectivity index is 1.88. The van der Waals surface area contributed by atoms with Gasteiger partial charge in [-0.2, -0.15) is 0 Å². The summed E-state index contributed by atoms with van der Waals surface area (Å²) in [5.41, 5.74) is 1.62. The van der Waals surface area contributed by atoms with Crippen LogP contribution in [0, 0.1) is 5.92 Å². The SMILES string of the molecule is COC(=O)c1ccc2c(=O)n(CC(C)C)c(SC(C)C(=O)Nc3ccc(NC(C)=O)cc3)nc2c1. The Morgan fingerprint density at radius 3 is 2.23 bits per heavy atom. The standard InChI is InChI=1S/C25H28N4O5S/c1-14(2)13-29-23(32)20-11-6-17(24(33)34-5)12-21(20)28-25(29)35-15(3)22(31)27-19-9-7-18(8-10-19)26-16(4)30/h6-12,14-15H,13H2,1-5H3,(H,26,30)(H,27,31). The van der Waals surface area contributed by atoms with Gasteiger partial charge < -0.3 is 15.4 Å². The van der Waals surface area contributed by atoms with Crippen molar-refractivity contribution in [3.63, 3.8) is 0 Å². The van der Waals surface area contributed by atoms with E-state index in [0.29, 0.717) is 34.0 Å². The number of rotatable bonds is 8. The number of thioether (sulfide) groups is 1. The number of fused-ring (bicyclic) bond motifs is 1. The molecule has 0 fully saturated rings. The highest BCUT2D eigenvalue weighted by Gasteiger charge is 2.21. The van der Waals surface area contributed by atoms with Crippen LogP contribution in [0.1, 0.15) is 38.1 Å². The number of ether oxygens (including phenoxy) is 1. The van der Waals surface area contributed by atoms with E-state index in [1.807, 2.05) is 13.8 Å². The molecule has 1 aromatic heterocycles. The number of methoxy groups -OCH3 is 1. The fourth-order valence-corrected chi connectivity index (χ4v) is 4.28. The van der Waals surface area contributed by atoms with E-state index in [1.54, 1.807) is 41.8 Å². The molecule has 3 rings (SSSR count). The van der Waals surface area contributed by atoms with Crippen molar-refractivity contribution < 1.29 is 19.1 Å². The third-order valence-corrected chi connectivity index (χ3v) is 6.10. The average Bonchev–Trinajstić information content (AvgIpc) is 2.81. The molecule has 1 heterocycles. The molecule has 3 aromatic rings. The van der Waals surface area contributed by atoms with Crippen LogP contribution < -0.4 is 16.2 Å². The van der Waals surface area contributed by atoms with Gasteiger partial charge in [-0.1, -0.05) is 25.6 Å². The molecule has 0 aliphatic heterocycles. The van der Waals surface area contributed by atoms with E-state index in [1.165, 1.54) is 37.9 Å². The van der Waals surface area contributed by atoms with Crippen LogP contribution in [-0.4, -0.2) is 39.7 Å². The molecule has 0 saturated carbocycles. The summed E-state index contributed by atoms with van der Waals surface area (Å²) in [4.78, 5) is 53.9. The van der Waals surface area contributed by atoms with Gasteiger partial charge >= 0.3 is 5.97 Å². The highest BCUT2D eigenvalue weighted by atomic mass is 32.2. The van der Waals surface area contributed by atoms with Gasteiger partial charge in [0.25, 0.3) is 5.56 Å². The largest absolute Gasteiger partial charge is 0.465 e. The molecule has 9 nitrogen and oxygen atoms in total. The molecule has 0 bridgehead atoms. The molecule has 2 aromatic carbocycles. The summed E-state index contributed by atoms with van der Waals surface area (Å²) in [7, 11) is 1.29. The Morgan fingerprint density at radius 1 is 1.03 bits per heavy atom. The summed E-state index contributed by atoms with van der Waals surface area (Å²) < 4.78 is 6.34. The van der Waals surface area contributed by atoms with Crippen LogP contribution in [0.5, 0.6) is 0 Å². The van der Waals surface area contributed by atoms with Crippen molar-refractivity contribution in [1.82, 2.24) is 9.55 Å². The second-order valence-electron chi connectivity index (χ2n) is 8.44. The quantitative estimate of drug-likeness (QED) is 0.276. The number of amides is 2. The van der Waals surface area contributed by atoms with Crippen LogP contribution in [0.15, 0.2) is 52.4 Å². The lowest BCUT2D eigenvalue weighted by Gasteiger charge is -2.18. The molecular weight excluding hydrogens is 468 g/mol. The third kappa shape index (κ3) is 6.48. The van der Waals surface area contributed by atoms with Gasteiger partial charge in [0.2, 0.25) is 11.8 Å². The number of anilines is 2. The molecule has 0 spiro atoms. The number of benzene rings is 2. The number of nitrogens with one attached hydrogen (secondary N) is 2. The van der Waals surface area contributed by atoms with Gasteiger partial charge in [0.05, 0.1) is 28.8 Å². The summed E-state index contributed by atoms with van der Waals surface area (Å²) in [5.74, 6) is -0.796. The minimum absolute atomic E-state index is 0.173. The van der Waals surface area contributed by atoms with Crippen molar-refractivity contribution in [3.8, 4) is 0 Å². The summed E-state index contributed by atoms with van der Waals surface area (Å²) in [5, 5.41) is 5.71. The number of carbonyl (C=O) groups excluding carboxylic acids is 3. The minimum atomic E-state index is -0.573. The number of aromatic nitrogens is 2. The first-order valence-electron chi connectivity index (χ1n) is 11.1. The number of carbonyl (C=O) groups is 3. The molecule has 0 aliphatic rings. The monoisotopic (exact) mass is 496 g/mol. The van der Waals surface area contributed by atoms with E-state index < -0.39 is 11.2 Å².